The Morgan fingerprint density at radius 2 is 1.80 bits per heavy atom. The van der Waals surface area contributed by atoms with Crippen LogP contribution in [0.2, 0.25) is 0 Å². The lowest BCUT2D eigenvalue weighted by Crippen LogP contribution is -2.04. The number of anilines is 1. The summed E-state index contributed by atoms with van der Waals surface area (Å²) in [4.78, 5) is 10.9. The smallest absolute Gasteiger partial charge is 0.335 e. The van der Waals surface area contributed by atoms with Gasteiger partial charge in [0.2, 0.25) is 0 Å². The molecule has 0 aromatic heterocycles. The molecule has 0 fully saturated rings. The third-order valence-electron chi connectivity index (χ3n) is 2.98. The Labute approximate surface area is 117 Å². The van der Waals surface area contributed by atoms with E-state index in [0.29, 0.717) is 6.54 Å². The first-order chi connectivity index (χ1) is 9.45. The van der Waals surface area contributed by atoms with Crippen LogP contribution in [-0.2, 0) is 6.54 Å². The monoisotopic (exact) mass is 273 g/mol. The fourth-order valence-electron chi connectivity index (χ4n) is 2.16. The summed E-state index contributed by atoms with van der Waals surface area (Å²) in [6.07, 6.45) is 0. The van der Waals surface area contributed by atoms with Gasteiger partial charge >= 0.3 is 5.97 Å². The maximum absolute atomic E-state index is 13.6. The Morgan fingerprint density at radius 3 is 2.40 bits per heavy atom. The van der Waals surface area contributed by atoms with Gasteiger partial charge in [-0.15, -0.1) is 0 Å². The lowest BCUT2D eigenvalue weighted by Gasteiger charge is -2.10. The SMILES string of the molecule is Cc1cc(C)cc(CNc2cc(C(=O)O)ccc2F)c1. The molecule has 0 unspecified atom stereocenters. The zero-order chi connectivity index (χ0) is 14.7. The Morgan fingerprint density at radius 1 is 1.15 bits per heavy atom. The van der Waals surface area contributed by atoms with E-state index in [9.17, 15) is 9.18 Å². The lowest BCUT2D eigenvalue weighted by atomic mass is 10.1. The molecule has 20 heavy (non-hydrogen) atoms. The van der Waals surface area contributed by atoms with E-state index in [-0.39, 0.29) is 11.3 Å². The van der Waals surface area contributed by atoms with Crippen molar-refractivity contribution in [3.05, 3.63) is 64.5 Å². The number of hydrogen-bond donors (Lipinski definition) is 2. The van der Waals surface area contributed by atoms with E-state index in [1.165, 1.54) is 12.1 Å². The molecule has 0 heterocycles. The summed E-state index contributed by atoms with van der Waals surface area (Å²) in [7, 11) is 0. The van der Waals surface area contributed by atoms with E-state index >= 15 is 0 Å². The minimum atomic E-state index is -1.07. The zero-order valence-corrected chi connectivity index (χ0v) is 11.4. The van der Waals surface area contributed by atoms with Crippen molar-refractivity contribution in [2.75, 3.05) is 5.32 Å². The summed E-state index contributed by atoms with van der Waals surface area (Å²) in [5.74, 6) is -1.53. The van der Waals surface area contributed by atoms with Gasteiger partial charge in [-0.25, -0.2) is 9.18 Å². The standard InChI is InChI=1S/C16H16FNO2/c1-10-5-11(2)7-12(6-10)9-18-15-8-13(16(19)20)3-4-14(15)17/h3-8,18H,9H2,1-2H3,(H,19,20). The van der Waals surface area contributed by atoms with Crippen molar-refractivity contribution >= 4 is 11.7 Å². The number of aryl methyl sites for hydroxylation is 2. The van der Waals surface area contributed by atoms with Crippen LogP contribution in [0.4, 0.5) is 10.1 Å². The van der Waals surface area contributed by atoms with Crippen LogP contribution in [0.5, 0.6) is 0 Å². The Hall–Kier alpha value is -2.36. The van der Waals surface area contributed by atoms with Crippen LogP contribution in [0.1, 0.15) is 27.0 Å². The molecule has 0 spiro atoms. The first-order valence-electron chi connectivity index (χ1n) is 6.29. The minimum Gasteiger partial charge on any atom is -0.478 e. The molecular weight excluding hydrogens is 257 g/mol. The van der Waals surface area contributed by atoms with E-state index in [2.05, 4.69) is 11.4 Å². The summed E-state index contributed by atoms with van der Waals surface area (Å²) in [5, 5.41) is 11.8. The first-order valence-corrected chi connectivity index (χ1v) is 6.29. The highest BCUT2D eigenvalue weighted by molar-refractivity contribution is 5.88. The van der Waals surface area contributed by atoms with Gasteiger partial charge in [0.15, 0.2) is 0 Å². The molecule has 0 aliphatic carbocycles. The average Bonchev–Trinajstić information content (AvgIpc) is 2.36. The van der Waals surface area contributed by atoms with E-state index in [4.69, 9.17) is 5.11 Å². The molecule has 0 atom stereocenters. The number of halogens is 1. The number of carboxylic acids is 1. The minimum absolute atomic E-state index is 0.0642. The van der Waals surface area contributed by atoms with Crippen molar-refractivity contribution in [1.82, 2.24) is 0 Å². The Bertz CT molecular complexity index is 633. The number of nitrogens with one attached hydrogen (secondary N) is 1. The third-order valence-corrected chi connectivity index (χ3v) is 2.98. The topological polar surface area (TPSA) is 49.3 Å². The molecule has 3 nitrogen and oxygen atoms in total. The van der Waals surface area contributed by atoms with Gasteiger partial charge in [0.1, 0.15) is 5.82 Å². The molecule has 0 radical (unpaired) electrons. The maximum Gasteiger partial charge on any atom is 0.335 e. The predicted octanol–water partition coefficient (Wildman–Crippen LogP) is 3.75. The molecule has 2 aromatic carbocycles. The van der Waals surface area contributed by atoms with E-state index in [1.54, 1.807) is 0 Å². The molecule has 0 bridgehead atoms. The highest BCUT2D eigenvalue weighted by atomic mass is 19.1. The van der Waals surface area contributed by atoms with Crippen LogP contribution in [0.15, 0.2) is 36.4 Å². The van der Waals surface area contributed by atoms with Gasteiger partial charge in [0.05, 0.1) is 11.3 Å². The summed E-state index contributed by atoms with van der Waals surface area (Å²) >= 11 is 0. The molecule has 0 saturated carbocycles. The van der Waals surface area contributed by atoms with Crippen LogP contribution >= 0.6 is 0 Å². The van der Waals surface area contributed by atoms with E-state index in [0.717, 1.165) is 22.8 Å². The van der Waals surface area contributed by atoms with Gasteiger partial charge in [-0.05, 0) is 37.6 Å². The van der Waals surface area contributed by atoms with Crippen molar-refractivity contribution in [2.45, 2.75) is 20.4 Å². The second kappa shape index (κ2) is 5.74. The third kappa shape index (κ3) is 3.35. The quantitative estimate of drug-likeness (QED) is 0.891. The highest BCUT2D eigenvalue weighted by Crippen LogP contribution is 2.18. The molecule has 2 N–H and O–H groups in total. The number of hydrogen-bond acceptors (Lipinski definition) is 2. The highest BCUT2D eigenvalue weighted by Gasteiger charge is 2.08. The summed E-state index contributed by atoms with van der Waals surface area (Å²) in [6.45, 7) is 4.45. The summed E-state index contributed by atoms with van der Waals surface area (Å²) in [6, 6.07) is 9.81. The van der Waals surface area contributed by atoms with Crippen LogP contribution in [0, 0.1) is 19.7 Å². The van der Waals surface area contributed by atoms with Crippen molar-refractivity contribution in [1.29, 1.82) is 0 Å². The number of rotatable bonds is 4. The fraction of sp³-hybridized carbons (Fsp3) is 0.188. The molecule has 4 heteroatoms. The second-order valence-electron chi connectivity index (χ2n) is 4.85. The maximum atomic E-state index is 13.6. The van der Waals surface area contributed by atoms with Crippen LogP contribution in [-0.4, -0.2) is 11.1 Å². The number of carbonyl (C=O) groups is 1. The molecule has 104 valence electrons. The van der Waals surface area contributed by atoms with E-state index < -0.39 is 11.8 Å². The molecule has 0 aliphatic heterocycles. The van der Waals surface area contributed by atoms with Crippen molar-refractivity contribution in [3.63, 3.8) is 0 Å². The van der Waals surface area contributed by atoms with Gasteiger partial charge < -0.3 is 10.4 Å². The van der Waals surface area contributed by atoms with Gasteiger partial charge in [0, 0.05) is 6.54 Å². The number of aromatic carboxylic acids is 1. The summed E-state index contributed by atoms with van der Waals surface area (Å²) < 4.78 is 13.6. The van der Waals surface area contributed by atoms with Crippen molar-refractivity contribution in [3.8, 4) is 0 Å². The number of carboxylic acid groups (broad SMARTS) is 1. The normalized spacial score (nSPS) is 10.3. The van der Waals surface area contributed by atoms with Gasteiger partial charge in [-0.1, -0.05) is 29.3 Å². The lowest BCUT2D eigenvalue weighted by molar-refractivity contribution is 0.0697. The molecule has 2 rings (SSSR count). The van der Waals surface area contributed by atoms with Crippen molar-refractivity contribution < 1.29 is 14.3 Å². The van der Waals surface area contributed by atoms with E-state index in [1.807, 2.05) is 26.0 Å². The largest absolute Gasteiger partial charge is 0.478 e. The van der Waals surface area contributed by atoms with Crippen LogP contribution < -0.4 is 5.32 Å². The van der Waals surface area contributed by atoms with Crippen molar-refractivity contribution in [2.24, 2.45) is 0 Å². The zero-order valence-electron chi connectivity index (χ0n) is 11.4. The van der Waals surface area contributed by atoms with Crippen LogP contribution in [0.25, 0.3) is 0 Å². The fourth-order valence-corrected chi connectivity index (χ4v) is 2.16. The number of benzene rings is 2. The first kappa shape index (κ1) is 14.1. The average molecular weight is 273 g/mol. The molecule has 0 aliphatic rings. The second-order valence-corrected chi connectivity index (χ2v) is 4.85. The predicted molar refractivity (Wildman–Crippen MR) is 76.6 cm³/mol. The van der Waals surface area contributed by atoms with Gasteiger partial charge in [-0.2, -0.15) is 0 Å². The van der Waals surface area contributed by atoms with Gasteiger partial charge in [-0.3, -0.25) is 0 Å². The van der Waals surface area contributed by atoms with Gasteiger partial charge in [0.25, 0.3) is 0 Å². The summed E-state index contributed by atoms with van der Waals surface area (Å²) in [5.41, 5.74) is 3.57. The molecule has 0 amide bonds. The Kier molecular flexibility index (Phi) is 4.03. The Balaban J connectivity index is 2.18. The van der Waals surface area contributed by atoms with Crippen LogP contribution in [0.3, 0.4) is 0 Å². The molecular formula is C16H16FNO2. The molecule has 2 aromatic rings. The molecule has 0 saturated heterocycles.